The first-order valence-electron chi connectivity index (χ1n) is 9.64. The maximum Gasteiger partial charge on any atom is 0.237 e. The molecule has 27 heavy (non-hydrogen) atoms. The number of nitrogens with zero attached hydrogens (tertiary/aromatic N) is 2. The van der Waals surface area contributed by atoms with Crippen LogP contribution in [0.4, 0.5) is 11.4 Å². The molecule has 5 nitrogen and oxygen atoms in total. The summed E-state index contributed by atoms with van der Waals surface area (Å²) < 4.78 is 0. The van der Waals surface area contributed by atoms with Crippen LogP contribution in [-0.4, -0.2) is 22.4 Å². The number of para-hydroxylation sites is 1. The smallest absolute Gasteiger partial charge is 0.237 e. The molecule has 2 aromatic carbocycles. The number of benzene rings is 2. The minimum atomic E-state index is -0.521. The van der Waals surface area contributed by atoms with Crippen LogP contribution < -0.4 is 10.6 Å². The van der Waals surface area contributed by atoms with E-state index in [-0.39, 0.29) is 5.91 Å². The molecule has 3 N–H and O–H groups in total. The zero-order chi connectivity index (χ0) is 19.2. The largest absolute Gasteiger partial charge is 0.398 e. The maximum absolute atomic E-state index is 13.0. The first-order chi connectivity index (χ1) is 12.9. The SMILES string of the molecule is CCCCCN1C(=O)C(C)(C)c2cc3[nH]c(-c4ccccc4N)nc3cc21. The fourth-order valence-electron chi connectivity index (χ4n) is 3.91. The van der Waals surface area contributed by atoms with Crippen molar-refractivity contribution in [2.75, 3.05) is 17.2 Å². The third kappa shape index (κ3) is 2.78. The van der Waals surface area contributed by atoms with E-state index in [4.69, 9.17) is 10.7 Å². The Hall–Kier alpha value is -2.82. The Morgan fingerprint density at radius 1 is 1.19 bits per heavy atom. The molecule has 1 aromatic heterocycles. The van der Waals surface area contributed by atoms with E-state index in [1.807, 2.05) is 49.1 Å². The number of rotatable bonds is 5. The van der Waals surface area contributed by atoms with Gasteiger partial charge in [0.1, 0.15) is 5.82 Å². The number of imidazole rings is 1. The minimum Gasteiger partial charge on any atom is -0.398 e. The summed E-state index contributed by atoms with van der Waals surface area (Å²) >= 11 is 0. The third-order valence-electron chi connectivity index (χ3n) is 5.54. The molecule has 4 rings (SSSR count). The quantitative estimate of drug-likeness (QED) is 0.513. The van der Waals surface area contributed by atoms with E-state index in [1.165, 1.54) is 0 Å². The van der Waals surface area contributed by atoms with Gasteiger partial charge in [-0.15, -0.1) is 0 Å². The number of anilines is 2. The minimum absolute atomic E-state index is 0.175. The summed E-state index contributed by atoms with van der Waals surface area (Å²) in [5, 5.41) is 0. The van der Waals surface area contributed by atoms with Gasteiger partial charge in [-0.1, -0.05) is 31.9 Å². The standard InChI is InChI=1S/C22H26N4O/c1-4-5-8-11-26-19-13-18-17(12-15(19)22(2,3)21(26)27)24-20(25-18)14-9-6-7-10-16(14)23/h6-7,9-10,12-13H,4-5,8,11,23H2,1-3H3,(H,24,25). The molecular formula is C22H26N4O. The number of nitrogens with one attached hydrogen (secondary N) is 1. The van der Waals surface area contributed by atoms with Crippen LogP contribution in [0.15, 0.2) is 36.4 Å². The van der Waals surface area contributed by atoms with Gasteiger partial charge in [0.15, 0.2) is 0 Å². The number of unbranched alkanes of at least 4 members (excludes halogenated alkanes) is 2. The normalized spacial score (nSPS) is 15.5. The van der Waals surface area contributed by atoms with Crippen LogP contribution in [-0.2, 0) is 10.2 Å². The molecule has 0 unspecified atom stereocenters. The first kappa shape index (κ1) is 17.6. The fraction of sp³-hybridized carbons (Fsp3) is 0.364. The van der Waals surface area contributed by atoms with Gasteiger partial charge in [0.25, 0.3) is 0 Å². The Morgan fingerprint density at radius 3 is 2.70 bits per heavy atom. The van der Waals surface area contributed by atoms with E-state index in [2.05, 4.69) is 18.0 Å². The summed E-state index contributed by atoms with van der Waals surface area (Å²) in [5.41, 5.74) is 11.0. The second-order valence-electron chi connectivity index (χ2n) is 7.85. The van der Waals surface area contributed by atoms with Gasteiger partial charge in [-0.3, -0.25) is 4.79 Å². The second-order valence-corrected chi connectivity index (χ2v) is 7.85. The molecule has 2 heterocycles. The molecule has 140 valence electrons. The Balaban J connectivity index is 1.80. The molecule has 0 fully saturated rings. The van der Waals surface area contributed by atoms with Gasteiger partial charge in [0, 0.05) is 17.8 Å². The highest BCUT2D eigenvalue weighted by molar-refractivity contribution is 6.09. The van der Waals surface area contributed by atoms with Crippen molar-refractivity contribution < 1.29 is 4.79 Å². The van der Waals surface area contributed by atoms with Gasteiger partial charge >= 0.3 is 0 Å². The molecule has 0 bridgehead atoms. The Bertz CT molecular complexity index is 1020. The van der Waals surface area contributed by atoms with Crippen LogP contribution in [0.25, 0.3) is 22.4 Å². The zero-order valence-corrected chi connectivity index (χ0v) is 16.2. The van der Waals surface area contributed by atoms with Crippen molar-refractivity contribution in [2.45, 2.75) is 45.4 Å². The summed E-state index contributed by atoms with van der Waals surface area (Å²) in [6.45, 7) is 6.95. The van der Waals surface area contributed by atoms with Crippen LogP contribution >= 0.6 is 0 Å². The molecule has 1 aliphatic heterocycles. The number of aromatic amines is 1. The first-order valence-corrected chi connectivity index (χ1v) is 9.64. The number of aromatic nitrogens is 2. The van der Waals surface area contributed by atoms with Crippen molar-refractivity contribution in [2.24, 2.45) is 0 Å². The van der Waals surface area contributed by atoms with E-state index in [0.717, 1.165) is 59.5 Å². The van der Waals surface area contributed by atoms with Crippen molar-refractivity contribution in [3.05, 3.63) is 42.0 Å². The highest BCUT2D eigenvalue weighted by atomic mass is 16.2. The number of carbonyl (C=O) groups excluding carboxylic acids is 1. The molecule has 1 aliphatic rings. The summed E-state index contributed by atoms with van der Waals surface area (Å²) in [4.78, 5) is 23.1. The highest BCUT2D eigenvalue weighted by Crippen LogP contribution is 2.43. The van der Waals surface area contributed by atoms with Crippen LogP contribution in [0.5, 0.6) is 0 Å². The van der Waals surface area contributed by atoms with E-state index >= 15 is 0 Å². The lowest BCUT2D eigenvalue weighted by atomic mass is 9.86. The predicted molar refractivity (Wildman–Crippen MR) is 111 cm³/mol. The van der Waals surface area contributed by atoms with E-state index in [0.29, 0.717) is 5.69 Å². The zero-order valence-electron chi connectivity index (χ0n) is 16.2. The number of hydrogen-bond donors (Lipinski definition) is 2. The fourth-order valence-corrected chi connectivity index (χ4v) is 3.91. The lowest BCUT2D eigenvalue weighted by molar-refractivity contribution is -0.122. The molecule has 0 aliphatic carbocycles. The predicted octanol–water partition coefficient (Wildman–Crippen LogP) is 4.63. The molecule has 0 saturated heterocycles. The molecule has 0 atom stereocenters. The van der Waals surface area contributed by atoms with Crippen molar-refractivity contribution in [3.63, 3.8) is 0 Å². The average molecular weight is 362 g/mol. The Kier molecular flexibility index (Phi) is 4.17. The van der Waals surface area contributed by atoms with Gasteiger partial charge in [-0.25, -0.2) is 4.98 Å². The highest BCUT2D eigenvalue weighted by Gasteiger charge is 2.43. The summed E-state index contributed by atoms with van der Waals surface area (Å²) in [7, 11) is 0. The lowest BCUT2D eigenvalue weighted by Crippen LogP contribution is -2.36. The monoisotopic (exact) mass is 362 g/mol. The number of H-pyrrole nitrogens is 1. The average Bonchev–Trinajstić information content (AvgIpc) is 3.13. The van der Waals surface area contributed by atoms with Crippen LogP contribution in [0.3, 0.4) is 0 Å². The van der Waals surface area contributed by atoms with Gasteiger partial charge in [0.05, 0.1) is 22.1 Å². The number of fused-ring (bicyclic) bond motifs is 2. The Labute approximate surface area is 159 Å². The molecule has 0 radical (unpaired) electrons. The molecule has 0 spiro atoms. The molecule has 3 aromatic rings. The van der Waals surface area contributed by atoms with Gasteiger partial charge in [0.2, 0.25) is 5.91 Å². The number of nitrogens with two attached hydrogens (primary N) is 1. The topological polar surface area (TPSA) is 75.0 Å². The van der Waals surface area contributed by atoms with Gasteiger partial charge < -0.3 is 15.6 Å². The molecular weight excluding hydrogens is 336 g/mol. The molecule has 5 heteroatoms. The van der Waals surface area contributed by atoms with E-state index in [1.54, 1.807) is 0 Å². The molecule has 0 saturated carbocycles. The summed E-state index contributed by atoms with van der Waals surface area (Å²) in [6, 6.07) is 11.8. The number of amides is 1. The van der Waals surface area contributed by atoms with Crippen LogP contribution in [0.2, 0.25) is 0 Å². The van der Waals surface area contributed by atoms with Crippen LogP contribution in [0, 0.1) is 0 Å². The summed E-state index contributed by atoms with van der Waals surface area (Å²) in [6.07, 6.45) is 3.28. The Morgan fingerprint density at radius 2 is 1.96 bits per heavy atom. The van der Waals surface area contributed by atoms with Crippen molar-refractivity contribution in [3.8, 4) is 11.4 Å². The van der Waals surface area contributed by atoms with Crippen molar-refractivity contribution >= 4 is 28.3 Å². The van der Waals surface area contributed by atoms with E-state index < -0.39 is 5.41 Å². The van der Waals surface area contributed by atoms with Gasteiger partial charge in [-0.05, 0) is 50.1 Å². The summed E-state index contributed by atoms with van der Waals surface area (Å²) in [5.74, 6) is 0.933. The van der Waals surface area contributed by atoms with E-state index in [9.17, 15) is 4.79 Å². The third-order valence-corrected chi connectivity index (χ3v) is 5.54. The number of nitrogen functional groups attached to an aromatic ring is 1. The van der Waals surface area contributed by atoms with Crippen LogP contribution in [0.1, 0.15) is 45.6 Å². The van der Waals surface area contributed by atoms with Crippen molar-refractivity contribution in [1.82, 2.24) is 9.97 Å². The maximum atomic E-state index is 13.0. The number of carbonyl (C=O) groups is 1. The lowest BCUT2D eigenvalue weighted by Gasteiger charge is -2.20. The van der Waals surface area contributed by atoms with Crippen molar-refractivity contribution in [1.29, 1.82) is 0 Å². The van der Waals surface area contributed by atoms with Gasteiger partial charge in [-0.2, -0.15) is 0 Å². The second kappa shape index (κ2) is 6.41. The molecule has 1 amide bonds. The number of hydrogen-bond acceptors (Lipinski definition) is 3.